The average Bonchev–Trinajstić information content (AvgIpc) is 3.00. The van der Waals surface area contributed by atoms with E-state index in [9.17, 15) is 0 Å². The maximum Gasteiger partial charge on any atom is 0.144 e. The van der Waals surface area contributed by atoms with E-state index in [1.807, 2.05) is 40.0 Å². The number of halogens is 1. The van der Waals surface area contributed by atoms with Crippen LogP contribution in [0.15, 0.2) is 24.3 Å². The Morgan fingerprint density at radius 2 is 1.93 bits per heavy atom. The third-order valence-electron chi connectivity index (χ3n) is 5.79. The number of aromatic nitrogens is 2. The second kappa shape index (κ2) is 6.43. The predicted octanol–water partition coefficient (Wildman–Crippen LogP) is 4.23. The Morgan fingerprint density at radius 1 is 1.19 bits per heavy atom. The second-order valence-electron chi connectivity index (χ2n) is 7.92. The van der Waals surface area contributed by atoms with E-state index >= 15 is 4.39 Å². The molecule has 0 aliphatic carbocycles. The number of fused-ring (bicyclic) bond motifs is 1. The first-order chi connectivity index (χ1) is 12.9. The van der Waals surface area contributed by atoms with Crippen LogP contribution in [0.3, 0.4) is 0 Å². The van der Waals surface area contributed by atoms with Gasteiger partial charge in [0.05, 0.1) is 35.3 Å². The number of hydrogen-bond donors (Lipinski definition) is 1. The van der Waals surface area contributed by atoms with Crippen molar-refractivity contribution in [3.05, 3.63) is 52.3 Å². The molecule has 0 amide bonds. The fraction of sp³-hybridized carbons (Fsp3) is 0.409. The van der Waals surface area contributed by atoms with Crippen molar-refractivity contribution >= 4 is 11.0 Å². The Labute approximate surface area is 159 Å². The van der Waals surface area contributed by atoms with E-state index in [1.54, 1.807) is 0 Å². The van der Waals surface area contributed by atoms with E-state index in [1.165, 1.54) is 5.56 Å². The highest BCUT2D eigenvalue weighted by atomic mass is 19.1. The third kappa shape index (κ3) is 2.77. The summed E-state index contributed by atoms with van der Waals surface area (Å²) < 4.78 is 23.0. The van der Waals surface area contributed by atoms with Gasteiger partial charge < -0.3 is 14.6 Å². The van der Waals surface area contributed by atoms with E-state index in [-0.39, 0.29) is 11.4 Å². The Morgan fingerprint density at radius 3 is 2.56 bits per heavy atom. The SMILES string of the molecule is CNCc1ccc2nc(-c3cc(C)c(C)c(C)c3F)n(C3(C)COC3)c2c1. The zero-order chi connectivity index (χ0) is 19.3. The molecule has 3 aromatic rings. The Balaban J connectivity index is 2.03. The Hall–Kier alpha value is -2.24. The van der Waals surface area contributed by atoms with E-state index in [0.717, 1.165) is 28.7 Å². The minimum Gasteiger partial charge on any atom is -0.376 e. The molecule has 142 valence electrons. The molecular weight excluding hydrogens is 341 g/mol. The largest absolute Gasteiger partial charge is 0.376 e. The van der Waals surface area contributed by atoms with Crippen LogP contribution in [0.5, 0.6) is 0 Å². The molecule has 4 nitrogen and oxygen atoms in total. The Bertz CT molecular complexity index is 1030. The van der Waals surface area contributed by atoms with Crippen molar-refractivity contribution in [1.29, 1.82) is 0 Å². The highest BCUT2D eigenvalue weighted by molar-refractivity contribution is 5.82. The van der Waals surface area contributed by atoms with Crippen LogP contribution in [0.4, 0.5) is 4.39 Å². The van der Waals surface area contributed by atoms with Crippen molar-refractivity contribution in [2.24, 2.45) is 0 Å². The molecule has 1 aromatic heterocycles. The minimum absolute atomic E-state index is 0.186. The van der Waals surface area contributed by atoms with Crippen molar-refractivity contribution < 1.29 is 9.13 Å². The first-order valence-electron chi connectivity index (χ1n) is 9.36. The van der Waals surface area contributed by atoms with Crippen LogP contribution in [-0.4, -0.2) is 29.8 Å². The number of hydrogen-bond acceptors (Lipinski definition) is 3. The number of ether oxygens (including phenoxy) is 1. The maximum atomic E-state index is 15.3. The first-order valence-corrected chi connectivity index (χ1v) is 9.36. The second-order valence-corrected chi connectivity index (χ2v) is 7.92. The molecule has 1 saturated heterocycles. The maximum absolute atomic E-state index is 15.3. The van der Waals surface area contributed by atoms with Gasteiger partial charge >= 0.3 is 0 Å². The van der Waals surface area contributed by atoms with Gasteiger partial charge in [-0.15, -0.1) is 0 Å². The van der Waals surface area contributed by atoms with E-state index in [4.69, 9.17) is 9.72 Å². The number of nitrogens with one attached hydrogen (secondary N) is 1. The van der Waals surface area contributed by atoms with Gasteiger partial charge in [0.2, 0.25) is 0 Å². The topological polar surface area (TPSA) is 39.1 Å². The number of aryl methyl sites for hydroxylation is 1. The molecule has 5 heteroatoms. The molecule has 1 aliphatic heterocycles. The molecule has 27 heavy (non-hydrogen) atoms. The molecule has 0 unspecified atom stereocenters. The van der Waals surface area contributed by atoms with Crippen molar-refractivity contribution in [2.75, 3.05) is 20.3 Å². The average molecular weight is 367 g/mol. The summed E-state index contributed by atoms with van der Waals surface area (Å²) in [6.07, 6.45) is 0. The summed E-state index contributed by atoms with van der Waals surface area (Å²) in [5.41, 5.74) is 6.19. The number of benzene rings is 2. The molecule has 0 atom stereocenters. The van der Waals surface area contributed by atoms with Crippen molar-refractivity contribution in [2.45, 2.75) is 39.8 Å². The lowest BCUT2D eigenvalue weighted by Gasteiger charge is -2.41. The lowest BCUT2D eigenvalue weighted by atomic mass is 9.96. The Kier molecular flexibility index (Phi) is 4.32. The monoisotopic (exact) mass is 367 g/mol. The standard InChI is InChI=1S/C22H26FN3O/c1-13-8-17(20(23)15(3)14(13)2)21-25-18-7-6-16(10-24-5)9-19(18)26(21)22(4)11-27-12-22/h6-9,24H,10-12H2,1-5H3. The highest BCUT2D eigenvalue weighted by Gasteiger charge is 2.39. The van der Waals surface area contributed by atoms with Gasteiger partial charge in [0, 0.05) is 6.54 Å². The lowest BCUT2D eigenvalue weighted by molar-refractivity contribution is -0.0868. The van der Waals surface area contributed by atoms with Gasteiger partial charge in [-0.05, 0) is 75.2 Å². The predicted molar refractivity (Wildman–Crippen MR) is 107 cm³/mol. The van der Waals surface area contributed by atoms with Gasteiger partial charge in [-0.25, -0.2) is 9.37 Å². The van der Waals surface area contributed by atoms with Crippen LogP contribution in [0.2, 0.25) is 0 Å². The van der Waals surface area contributed by atoms with Crippen LogP contribution in [-0.2, 0) is 16.8 Å². The van der Waals surface area contributed by atoms with Gasteiger partial charge in [-0.3, -0.25) is 0 Å². The molecule has 0 saturated carbocycles. The number of rotatable bonds is 4. The first kappa shape index (κ1) is 18.1. The molecule has 4 rings (SSSR count). The zero-order valence-electron chi connectivity index (χ0n) is 16.6. The van der Waals surface area contributed by atoms with Crippen LogP contribution in [0, 0.1) is 26.6 Å². The minimum atomic E-state index is -0.221. The van der Waals surface area contributed by atoms with Crippen LogP contribution in [0.25, 0.3) is 22.4 Å². The van der Waals surface area contributed by atoms with Crippen molar-refractivity contribution in [3.8, 4) is 11.4 Å². The fourth-order valence-corrected chi connectivity index (χ4v) is 3.90. The molecule has 0 spiro atoms. The van der Waals surface area contributed by atoms with Gasteiger partial charge in [0.15, 0.2) is 0 Å². The van der Waals surface area contributed by atoms with Crippen molar-refractivity contribution in [3.63, 3.8) is 0 Å². The number of nitrogens with zero attached hydrogens (tertiary/aromatic N) is 2. The normalized spacial score (nSPS) is 15.9. The summed E-state index contributed by atoms with van der Waals surface area (Å²) in [7, 11) is 1.93. The zero-order valence-corrected chi connectivity index (χ0v) is 16.6. The summed E-state index contributed by atoms with van der Waals surface area (Å²) in [5.74, 6) is 0.495. The summed E-state index contributed by atoms with van der Waals surface area (Å²) in [5, 5.41) is 3.19. The van der Waals surface area contributed by atoms with Crippen LogP contribution in [0.1, 0.15) is 29.2 Å². The van der Waals surface area contributed by atoms with E-state index in [0.29, 0.717) is 30.2 Å². The molecule has 1 fully saturated rings. The molecule has 0 bridgehead atoms. The molecule has 1 N–H and O–H groups in total. The van der Waals surface area contributed by atoms with Crippen LogP contribution < -0.4 is 5.32 Å². The van der Waals surface area contributed by atoms with Gasteiger partial charge in [-0.2, -0.15) is 0 Å². The molecule has 2 heterocycles. The van der Waals surface area contributed by atoms with E-state index < -0.39 is 0 Å². The molecular formula is C22H26FN3O. The lowest BCUT2D eigenvalue weighted by Crippen LogP contribution is -2.49. The van der Waals surface area contributed by atoms with Gasteiger partial charge in [0.1, 0.15) is 11.6 Å². The quantitative estimate of drug-likeness (QED) is 0.750. The van der Waals surface area contributed by atoms with Gasteiger partial charge in [0.25, 0.3) is 0 Å². The van der Waals surface area contributed by atoms with E-state index in [2.05, 4.69) is 28.9 Å². The number of imidazole rings is 1. The highest BCUT2D eigenvalue weighted by Crippen LogP contribution is 2.38. The van der Waals surface area contributed by atoms with Crippen LogP contribution >= 0.6 is 0 Å². The molecule has 2 aromatic carbocycles. The summed E-state index contributed by atoms with van der Waals surface area (Å²) in [6.45, 7) is 9.97. The smallest absolute Gasteiger partial charge is 0.144 e. The third-order valence-corrected chi connectivity index (χ3v) is 5.79. The molecule has 0 radical (unpaired) electrons. The summed E-state index contributed by atoms with van der Waals surface area (Å²) >= 11 is 0. The summed E-state index contributed by atoms with van der Waals surface area (Å²) in [4.78, 5) is 4.85. The van der Waals surface area contributed by atoms with Crippen molar-refractivity contribution in [1.82, 2.24) is 14.9 Å². The fourth-order valence-electron chi connectivity index (χ4n) is 3.90. The molecule has 1 aliphatic rings. The summed E-state index contributed by atoms with van der Waals surface area (Å²) in [6, 6.07) is 8.17. The van der Waals surface area contributed by atoms with Gasteiger partial charge in [-0.1, -0.05) is 6.07 Å².